The summed E-state index contributed by atoms with van der Waals surface area (Å²) < 4.78 is 60.0. The number of hydrogen-bond donors (Lipinski definition) is 2. The van der Waals surface area contributed by atoms with Crippen LogP contribution in [0.5, 0.6) is 5.75 Å². The van der Waals surface area contributed by atoms with Crippen molar-refractivity contribution in [3.8, 4) is 5.75 Å². The molecular formula is C34H24BrF4N3O5S2. The van der Waals surface area contributed by atoms with Gasteiger partial charge in [0.1, 0.15) is 11.6 Å². The van der Waals surface area contributed by atoms with Gasteiger partial charge in [0.2, 0.25) is 11.8 Å². The van der Waals surface area contributed by atoms with Crippen LogP contribution < -0.4 is 19.8 Å². The first kappa shape index (κ1) is 32.3. The number of amides is 3. The molecule has 1 aromatic heterocycles. The number of carbonyl (C=O) groups excluding carboxylic acids is 3. The fourth-order valence-corrected chi connectivity index (χ4v) is 11.5. The van der Waals surface area contributed by atoms with Gasteiger partial charge in [-0.15, -0.1) is 11.8 Å². The zero-order valence-corrected chi connectivity index (χ0v) is 28.2. The van der Waals surface area contributed by atoms with Crippen molar-refractivity contribution in [3.63, 3.8) is 0 Å². The number of carbonyl (C=O) groups is 3. The van der Waals surface area contributed by atoms with Crippen LogP contribution in [-0.4, -0.2) is 34.6 Å². The Morgan fingerprint density at radius 1 is 1.00 bits per heavy atom. The predicted octanol–water partition coefficient (Wildman–Crippen LogP) is 7.05. The van der Waals surface area contributed by atoms with E-state index in [-0.39, 0.29) is 45.4 Å². The molecule has 2 aliphatic heterocycles. The van der Waals surface area contributed by atoms with E-state index in [4.69, 9.17) is 4.74 Å². The van der Waals surface area contributed by atoms with Gasteiger partial charge in [-0.3, -0.25) is 24.1 Å². The van der Waals surface area contributed by atoms with E-state index in [1.807, 2.05) is 6.07 Å². The van der Waals surface area contributed by atoms with E-state index in [1.54, 1.807) is 12.1 Å². The SMILES string of the molecule is O=C(COc1ccc(Br)cc1[C@@H]1c2sc(=O)[nH]c2S[C@@H]2[C@@H]3C[C@@H]([C@@H]4C(=O)N(c5ccc(F)cc5)C(=O)[C@@H]34)[C@H]12)Nc1cccc(C(F)(F)F)c1. The first-order chi connectivity index (χ1) is 23.4. The van der Waals surface area contributed by atoms with Gasteiger partial charge in [0.15, 0.2) is 6.61 Å². The number of imide groups is 1. The Hall–Kier alpha value is -3.95. The average molecular weight is 775 g/mol. The molecule has 2 N–H and O–H groups in total. The number of nitrogens with zero attached hydrogens (tertiary/aromatic N) is 1. The van der Waals surface area contributed by atoms with Crippen molar-refractivity contribution in [2.75, 3.05) is 16.8 Å². The first-order valence-electron chi connectivity index (χ1n) is 15.3. The van der Waals surface area contributed by atoms with Crippen molar-refractivity contribution in [2.45, 2.75) is 28.8 Å². The van der Waals surface area contributed by atoms with E-state index in [1.165, 1.54) is 53.1 Å². The van der Waals surface area contributed by atoms with E-state index in [0.29, 0.717) is 32.9 Å². The number of benzene rings is 3. The summed E-state index contributed by atoms with van der Waals surface area (Å²) in [6.07, 6.45) is -3.93. The Balaban J connectivity index is 1.11. The zero-order valence-electron chi connectivity index (χ0n) is 25.0. The molecule has 3 amide bonds. The number of halogens is 5. The minimum Gasteiger partial charge on any atom is -0.483 e. The summed E-state index contributed by atoms with van der Waals surface area (Å²) in [5, 5.41) is 3.02. The second kappa shape index (κ2) is 11.8. The number of aromatic amines is 1. The van der Waals surface area contributed by atoms with Crippen LogP contribution in [0.4, 0.5) is 28.9 Å². The highest BCUT2D eigenvalue weighted by atomic mass is 79.9. The molecule has 4 aliphatic rings. The lowest BCUT2D eigenvalue weighted by Crippen LogP contribution is -2.42. The van der Waals surface area contributed by atoms with Crippen molar-refractivity contribution >= 4 is 68.1 Å². The average Bonchev–Trinajstić information content (AvgIpc) is 3.79. The number of aromatic nitrogens is 1. The number of anilines is 2. The lowest BCUT2D eigenvalue weighted by molar-refractivity contribution is -0.137. The number of thioether (sulfide) groups is 1. The largest absolute Gasteiger partial charge is 0.483 e. The molecule has 252 valence electrons. The molecule has 3 heterocycles. The summed E-state index contributed by atoms with van der Waals surface area (Å²) in [7, 11) is 0. The molecule has 0 spiro atoms. The molecule has 8 nitrogen and oxygen atoms in total. The Kier molecular flexibility index (Phi) is 7.79. The number of nitrogens with one attached hydrogen (secondary N) is 2. The highest BCUT2D eigenvalue weighted by molar-refractivity contribution is 9.10. The highest BCUT2D eigenvalue weighted by Gasteiger charge is 2.70. The normalized spacial score (nSPS) is 26.8. The van der Waals surface area contributed by atoms with Crippen LogP contribution in [0.2, 0.25) is 0 Å². The number of hydrogen-bond acceptors (Lipinski definition) is 7. The summed E-state index contributed by atoms with van der Waals surface area (Å²) in [5.74, 6) is -3.51. The topological polar surface area (TPSA) is 109 Å². The van der Waals surface area contributed by atoms with Crippen LogP contribution in [0.1, 0.15) is 28.3 Å². The lowest BCUT2D eigenvalue weighted by atomic mass is 9.68. The Morgan fingerprint density at radius 2 is 1.73 bits per heavy atom. The van der Waals surface area contributed by atoms with Crippen LogP contribution in [0.25, 0.3) is 0 Å². The van der Waals surface area contributed by atoms with E-state index >= 15 is 0 Å². The second-order valence-corrected chi connectivity index (χ2v) is 15.7. The van der Waals surface area contributed by atoms with Crippen LogP contribution in [0.15, 0.2) is 81.0 Å². The summed E-state index contributed by atoms with van der Waals surface area (Å²) in [5.41, 5.74) is 0.0651. The van der Waals surface area contributed by atoms with Gasteiger partial charge in [-0.05, 0) is 84.8 Å². The lowest BCUT2D eigenvalue weighted by Gasteiger charge is -2.43. The maximum atomic E-state index is 14.0. The van der Waals surface area contributed by atoms with Gasteiger partial charge in [0.05, 0.1) is 28.1 Å². The second-order valence-electron chi connectivity index (χ2n) is 12.5. The number of rotatable bonds is 6. The summed E-state index contributed by atoms with van der Waals surface area (Å²) in [6.45, 7) is -0.507. The molecule has 2 saturated carbocycles. The van der Waals surface area contributed by atoms with Crippen molar-refractivity contribution in [1.29, 1.82) is 0 Å². The molecule has 8 rings (SSSR count). The van der Waals surface area contributed by atoms with Gasteiger partial charge in [0, 0.05) is 31.8 Å². The van der Waals surface area contributed by atoms with Crippen LogP contribution >= 0.6 is 39.0 Å². The highest BCUT2D eigenvalue weighted by Crippen LogP contribution is 2.69. The van der Waals surface area contributed by atoms with Crippen LogP contribution in [0, 0.1) is 35.4 Å². The van der Waals surface area contributed by atoms with Crippen LogP contribution in [0.3, 0.4) is 0 Å². The summed E-state index contributed by atoms with van der Waals surface area (Å²) in [6, 6.07) is 14.8. The zero-order chi connectivity index (χ0) is 34.4. The number of fused-ring (bicyclic) bond motifs is 9. The molecule has 2 bridgehead atoms. The van der Waals surface area contributed by atoms with E-state index in [2.05, 4.69) is 26.2 Å². The van der Waals surface area contributed by atoms with E-state index in [0.717, 1.165) is 28.3 Å². The maximum absolute atomic E-state index is 14.0. The molecule has 1 saturated heterocycles. The first-order valence-corrected chi connectivity index (χ1v) is 17.8. The molecule has 3 fully saturated rings. The monoisotopic (exact) mass is 773 g/mol. The van der Waals surface area contributed by atoms with Crippen molar-refractivity contribution in [3.05, 3.63) is 103 Å². The van der Waals surface area contributed by atoms with E-state index in [9.17, 15) is 36.7 Å². The van der Waals surface area contributed by atoms with Crippen molar-refractivity contribution < 1.29 is 36.7 Å². The van der Waals surface area contributed by atoms with Gasteiger partial charge < -0.3 is 15.0 Å². The predicted molar refractivity (Wildman–Crippen MR) is 177 cm³/mol. The Morgan fingerprint density at radius 3 is 2.47 bits per heavy atom. The fraction of sp³-hybridized carbons (Fsp3) is 0.294. The molecule has 0 radical (unpaired) electrons. The third-order valence-electron chi connectivity index (χ3n) is 9.95. The van der Waals surface area contributed by atoms with Gasteiger partial charge in [-0.1, -0.05) is 33.3 Å². The van der Waals surface area contributed by atoms with Crippen molar-refractivity contribution in [2.24, 2.45) is 29.6 Å². The van der Waals surface area contributed by atoms with E-state index < -0.39 is 47.8 Å². The van der Waals surface area contributed by atoms with Gasteiger partial charge in [0.25, 0.3) is 5.91 Å². The molecule has 15 heteroatoms. The molecule has 4 aromatic rings. The summed E-state index contributed by atoms with van der Waals surface area (Å²) in [4.78, 5) is 58.0. The molecule has 7 atom stereocenters. The number of alkyl halides is 3. The molecule has 2 aliphatic carbocycles. The quantitative estimate of drug-likeness (QED) is 0.161. The van der Waals surface area contributed by atoms with Crippen LogP contribution in [-0.2, 0) is 20.6 Å². The Labute approximate surface area is 292 Å². The minimum atomic E-state index is -4.57. The van der Waals surface area contributed by atoms with Gasteiger partial charge in [-0.25, -0.2) is 4.39 Å². The summed E-state index contributed by atoms with van der Waals surface area (Å²) >= 11 is 6.13. The van der Waals surface area contributed by atoms with Crippen molar-refractivity contribution in [1.82, 2.24) is 4.98 Å². The molecule has 0 unspecified atom stereocenters. The molecule has 3 aromatic carbocycles. The number of H-pyrrole nitrogens is 1. The number of ether oxygens (including phenoxy) is 1. The molecule has 49 heavy (non-hydrogen) atoms. The molecular weight excluding hydrogens is 750 g/mol. The third kappa shape index (κ3) is 5.40. The fourth-order valence-electron chi connectivity index (χ4n) is 8.22. The van der Waals surface area contributed by atoms with Gasteiger partial charge in [-0.2, -0.15) is 13.2 Å². The standard InChI is InChI=1S/C34H24BrF4N3O5S2/c35-15-4-9-22(47-13-23(43)40-17-3-1-2-14(10-17)34(37,38)39)19(11-15)24-25-20-12-21(28(25)48-30-29(24)49-33(46)41-30)27-26(20)31(44)42(32(27)45)18-7-5-16(36)6-8-18/h1-11,20-21,24-28H,12-13H2,(H,40,43)(H,41,46)/t20-,21-,24+,25-,26+,27+,28-/m1/s1. The van der Waals surface area contributed by atoms with Gasteiger partial charge >= 0.3 is 11.0 Å². The smallest absolute Gasteiger partial charge is 0.416 e. The Bertz CT molecular complexity index is 2090. The maximum Gasteiger partial charge on any atom is 0.416 e. The minimum absolute atomic E-state index is 0.0321. The number of thiazole rings is 1. The third-order valence-corrected chi connectivity index (χ3v) is 13.0.